The zero-order valence-corrected chi connectivity index (χ0v) is 12.2. The summed E-state index contributed by atoms with van der Waals surface area (Å²) in [5, 5.41) is 1.92. The van der Waals surface area contributed by atoms with Gasteiger partial charge in [-0.25, -0.2) is 9.78 Å². The molecule has 0 aliphatic rings. The van der Waals surface area contributed by atoms with Crippen LogP contribution in [0.2, 0.25) is 0 Å². The average Bonchev–Trinajstić information content (AvgIpc) is 2.87. The number of rotatable bonds is 6. The fraction of sp³-hybridized carbons (Fsp3) is 0.462. The molecule has 6 nitrogen and oxygen atoms in total. The van der Waals surface area contributed by atoms with Crippen molar-refractivity contribution in [2.45, 2.75) is 26.5 Å². The van der Waals surface area contributed by atoms with Gasteiger partial charge in [-0.2, -0.15) is 0 Å². The van der Waals surface area contributed by atoms with Crippen molar-refractivity contribution in [3.05, 3.63) is 27.6 Å². The van der Waals surface area contributed by atoms with Crippen molar-refractivity contribution < 1.29 is 14.3 Å². The van der Waals surface area contributed by atoms with Crippen LogP contribution in [0.1, 0.15) is 30.1 Å². The minimum Gasteiger partial charge on any atom is -0.462 e. The molecule has 0 amide bonds. The fourth-order valence-electron chi connectivity index (χ4n) is 1.74. The number of ether oxygens (including phenoxy) is 2. The highest BCUT2D eigenvalue weighted by molar-refractivity contribution is 7.17. The van der Waals surface area contributed by atoms with Gasteiger partial charge in [-0.3, -0.25) is 9.36 Å². The molecule has 20 heavy (non-hydrogen) atoms. The minimum absolute atomic E-state index is 0.0991. The lowest BCUT2D eigenvalue weighted by molar-refractivity contribution is 0.0502. The van der Waals surface area contributed by atoms with E-state index < -0.39 is 5.97 Å². The second-order valence-electron chi connectivity index (χ2n) is 4.26. The van der Waals surface area contributed by atoms with Gasteiger partial charge >= 0.3 is 5.97 Å². The predicted molar refractivity (Wildman–Crippen MR) is 76.1 cm³/mol. The molecule has 0 aliphatic heterocycles. The molecule has 0 unspecified atom stereocenters. The van der Waals surface area contributed by atoms with E-state index in [0.717, 1.165) is 12.8 Å². The van der Waals surface area contributed by atoms with Crippen molar-refractivity contribution in [3.63, 3.8) is 0 Å². The van der Waals surface area contributed by atoms with Gasteiger partial charge in [-0.1, -0.05) is 13.3 Å². The summed E-state index contributed by atoms with van der Waals surface area (Å²) in [4.78, 5) is 29.0. The first kappa shape index (κ1) is 14.7. The van der Waals surface area contributed by atoms with Crippen LogP contribution in [0.15, 0.2) is 16.5 Å². The van der Waals surface area contributed by atoms with Crippen molar-refractivity contribution in [2.75, 3.05) is 13.7 Å². The Morgan fingerprint density at radius 3 is 3.00 bits per heavy atom. The summed E-state index contributed by atoms with van der Waals surface area (Å²) in [6.45, 7) is 2.47. The van der Waals surface area contributed by atoms with Gasteiger partial charge in [0.25, 0.3) is 5.56 Å². The Labute approximate surface area is 120 Å². The normalized spacial score (nSPS) is 10.9. The Balaban J connectivity index is 2.36. The highest BCUT2D eigenvalue weighted by Gasteiger charge is 2.18. The van der Waals surface area contributed by atoms with Crippen molar-refractivity contribution >= 4 is 27.5 Å². The molecule has 0 saturated heterocycles. The molecular weight excluding hydrogens is 280 g/mol. The Bertz CT molecular complexity index is 662. The second-order valence-corrected chi connectivity index (χ2v) is 5.11. The molecule has 0 aliphatic carbocycles. The van der Waals surface area contributed by atoms with Crippen molar-refractivity contribution in [1.82, 2.24) is 9.55 Å². The van der Waals surface area contributed by atoms with Gasteiger partial charge in [0, 0.05) is 12.5 Å². The van der Waals surface area contributed by atoms with Crippen molar-refractivity contribution in [3.8, 4) is 0 Å². The third-order valence-corrected chi connectivity index (χ3v) is 3.67. The summed E-state index contributed by atoms with van der Waals surface area (Å²) in [6.07, 6.45) is 3.16. The van der Waals surface area contributed by atoms with Crippen LogP contribution in [0.4, 0.5) is 0 Å². The molecular formula is C13H16N2O4S. The predicted octanol–water partition coefficient (Wildman–Crippen LogP) is 2.02. The van der Waals surface area contributed by atoms with E-state index >= 15 is 0 Å². The molecule has 0 atom stereocenters. The number of esters is 1. The Morgan fingerprint density at radius 2 is 2.30 bits per heavy atom. The van der Waals surface area contributed by atoms with Gasteiger partial charge in [-0.05, 0) is 6.42 Å². The molecule has 2 heterocycles. The molecule has 0 N–H and O–H groups in total. The van der Waals surface area contributed by atoms with E-state index in [1.165, 1.54) is 29.3 Å². The fourth-order valence-corrected chi connectivity index (χ4v) is 2.60. The summed E-state index contributed by atoms with van der Waals surface area (Å²) < 4.78 is 11.4. The van der Waals surface area contributed by atoms with Gasteiger partial charge in [0.05, 0.1) is 17.6 Å². The molecule has 0 saturated carbocycles. The first-order valence-electron chi connectivity index (χ1n) is 6.31. The van der Waals surface area contributed by atoms with Gasteiger partial charge in [0.15, 0.2) is 0 Å². The summed E-state index contributed by atoms with van der Waals surface area (Å²) in [5.74, 6) is -0.473. The van der Waals surface area contributed by atoms with Crippen molar-refractivity contribution in [2.24, 2.45) is 0 Å². The van der Waals surface area contributed by atoms with E-state index in [1.807, 2.05) is 6.92 Å². The molecule has 108 valence electrons. The monoisotopic (exact) mass is 296 g/mol. The molecule has 2 aromatic rings. The Morgan fingerprint density at radius 1 is 1.50 bits per heavy atom. The summed E-state index contributed by atoms with van der Waals surface area (Å²) in [6, 6.07) is 0. The van der Waals surface area contributed by atoms with Crippen LogP contribution in [0.3, 0.4) is 0 Å². The number of carbonyl (C=O) groups excluding carboxylic acids is 1. The zero-order valence-electron chi connectivity index (χ0n) is 11.4. The van der Waals surface area contributed by atoms with Crippen LogP contribution in [-0.4, -0.2) is 29.2 Å². The largest absolute Gasteiger partial charge is 0.462 e. The minimum atomic E-state index is -0.473. The smallest absolute Gasteiger partial charge is 0.339 e. The number of thiophene rings is 1. The number of nitrogens with zero attached hydrogens (tertiary/aromatic N) is 2. The summed E-state index contributed by atoms with van der Waals surface area (Å²) in [7, 11) is 1.49. The standard InChI is InChI=1S/C13H16N2O4S/c1-3-4-5-19-13(17)9-6-20-11-10(9)12(16)15(7-14-11)8-18-2/h6-7H,3-5,8H2,1-2H3. The topological polar surface area (TPSA) is 70.4 Å². The zero-order chi connectivity index (χ0) is 14.5. The van der Waals surface area contributed by atoms with Crippen LogP contribution in [0, 0.1) is 0 Å². The van der Waals surface area contributed by atoms with Crippen LogP contribution in [0.5, 0.6) is 0 Å². The first-order chi connectivity index (χ1) is 9.69. The van der Waals surface area contributed by atoms with E-state index in [9.17, 15) is 9.59 Å². The number of carbonyl (C=O) groups is 1. The maximum absolute atomic E-state index is 12.3. The SMILES string of the molecule is CCCCOC(=O)c1csc2ncn(COC)c(=O)c12. The van der Waals surface area contributed by atoms with Crippen molar-refractivity contribution in [1.29, 1.82) is 0 Å². The van der Waals surface area contributed by atoms with E-state index in [4.69, 9.17) is 9.47 Å². The third kappa shape index (κ3) is 2.88. The van der Waals surface area contributed by atoms with Crippen LogP contribution in [-0.2, 0) is 16.2 Å². The van der Waals surface area contributed by atoms with Crippen LogP contribution in [0.25, 0.3) is 10.2 Å². The van der Waals surface area contributed by atoms with E-state index in [-0.39, 0.29) is 17.9 Å². The number of methoxy groups -OCH3 is 1. The summed E-state index contributed by atoms with van der Waals surface area (Å²) in [5.41, 5.74) is -0.00963. The van der Waals surface area contributed by atoms with Crippen LogP contribution < -0.4 is 5.56 Å². The number of aromatic nitrogens is 2. The Kier molecular flexibility index (Phi) is 4.86. The maximum Gasteiger partial charge on any atom is 0.339 e. The Hall–Kier alpha value is -1.73. The highest BCUT2D eigenvalue weighted by Crippen LogP contribution is 2.21. The van der Waals surface area contributed by atoms with Gasteiger partial charge in [0.2, 0.25) is 0 Å². The molecule has 0 fully saturated rings. The molecule has 0 radical (unpaired) electrons. The second kappa shape index (κ2) is 6.62. The van der Waals surface area contributed by atoms with Gasteiger partial charge in [0.1, 0.15) is 17.9 Å². The molecule has 2 rings (SSSR count). The quantitative estimate of drug-likeness (QED) is 0.602. The van der Waals surface area contributed by atoms with E-state index in [1.54, 1.807) is 5.38 Å². The number of unbranched alkanes of at least 4 members (excludes halogenated alkanes) is 1. The lowest BCUT2D eigenvalue weighted by atomic mass is 10.2. The average molecular weight is 296 g/mol. The number of hydrogen-bond acceptors (Lipinski definition) is 6. The highest BCUT2D eigenvalue weighted by atomic mass is 32.1. The molecule has 2 aromatic heterocycles. The lowest BCUT2D eigenvalue weighted by Crippen LogP contribution is -2.22. The number of fused-ring (bicyclic) bond motifs is 1. The lowest BCUT2D eigenvalue weighted by Gasteiger charge is -2.05. The maximum atomic E-state index is 12.3. The van der Waals surface area contributed by atoms with Crippen LogP contribution >= 0.6 is 11.3 Å². The third-order valence-electron chi connectivity index (χ3n) is 2.78. The molecule has 0 bridgehead atoms. The van der Waals surface area contributed by atoms with Gasteiger partial charge < -0.3 is 9.47 Å². The summed E-state index contributed by atoms with van der Waals surface area (Å²) >= 11 is 1.26. The van der Waals surface area contributed by atoms with E-state index in [2.05, 4.69) is 4.98 Å². The molecule has 0 spiro atoms. The molecule has 7 heteroatoms. The number of hydrogen-bond donors (Lipinski definition) is 0. The van der Waals surface area contributed by atoms with E-state index in [0.29, 0.717) is 16.8 Å². The first-order valence-corrected chi connectivity index (χ1v) is 7.19. The van der Waals surface area contributed by atoms with Gasteiger partial charge in [-0.15, -0.1) is 11.3 Å². The molecule has 0 aromatic carbocycles.